The van der Waals surface area contributed by atoms with Crippen LogP contribution in [0.3, 0.4) is 0 Å². The third kappa shape index (κ3) is 3.06. The first-order valence-electron chi connectivity index (χ1n) is 5.52. The Morgan fingerprint density at radius 1 is 1.47 bits per heavy atom. The predicted octanol–water partition coefficient (Wildman–Crippen LogP) is 0.196. The second-order valence-corrected chi connectivity index (χ2v) is 5.61. The number of rotatable bonds is 5. The van der Waals surface area contributed by atoms with E-state index < -0.39 is 10.0 Å². The number of nitrogens with one attached hydrogen (secondary N) is 1. The summed E-state index contributed by atoms with van der Waals surface area (Å²) in [6, 6.07) is 2.96. The first-order valence-corrected chi connectivity index (χ1v) is 7.00. The summed E-state index contributed by atoms with van der Waals surface area (Å²) in [7, 11) is -3.59. The summed E-state index contributed by atoms with van der Waals surface area (Å²) in [5.41, 5.74) is 5.35. The minimum Gasteiger partial charge on any atom is -0.447 e. The predicted molar refractivity (Wildman–Crippen MR) is 60.8 cm³/mol. The molecule has 1 atom stereocenters. The van der Waals surface area contributed by atoms with Gasteiger partial charge < -0.3 is 14.9 Å². The maximum Gasteiger partial charge on any atom is 0.274 e. The molecule has 2 heterocycles. The van der Waals surface area contributed by atoms with Gasteiger partial charge >= 0.3 is 0 Å². The minimum atomic E-state index is -3.59. The molecule has 1 unspecified atom stereocenters. The molecule has 3 N–H and O–H groups in total. The third-order valence-corrected chi connectivity index (χ3v) is 3.92. The van der Waals surface area contributed by atoms with Crippen molar-refractivity contribution in [2.24, 2.45) is 5.73 Å². The number of nitrogens with two attached hydrogens (primary N) is 1. The van der Waals surface area contributed by atoms with E-state index >= 15 is 0 Å². The lowest BCUT2D eigenvalue weighted by molar-refractivity contribution is 0.114. The van der Waals surface area contributed by atoms with E-state index in [2.05, 4.69) is 4.72 Å². The van der Waals surface area contributed by atoms with Crippen molar-refractivity contribution in [2.75, 3.05) is 13.2 Å². The van der Waals surface area contributed by atoms with E-state index in [4.69, 9.17) is 14.9 Å². The van der Waals surface area contributed by atoms with Crippen molar-refractivity contribution in [3.8, 4) is 0 Å². The molecule has 0 aliphatic carbocycles. The molecule has 1 aromatic heterocycles. The van der Waals surface area contributed by atoms with Crippen LogP contribution in [-0.2, 0) is 21.3 Å². The maximum absolute atomic E-state index is 11.8. The Labute approximate surface area is 100 Å². The average molecular weight is 260 g/mol. The number of ether oxygens (including phenoxy) is 1. The molecular weight excluding hydrogens is 244 g/mol. The van der Waals surface area contributed by atoms with Gasteiger partial charge in [-0.1, -0.05) is 0 Å². The number of hydrogen-bond donors (Lipinski definition) is 2. The van der Waals surface area contributed by atoms with Gasteiger partial charge in [-0.2, -0.15) is 0 Å². The van der Waals surface area contributed by atoms with E-state index in [0.717, 1.165) is 12.8 Å². The zero-order valence-corrected chi connectivity index (χ0v) is 10.2. The van der Waals surface area contributed by atoms with Gasteiger partial charge in [0.25, 0.3) is 10.0 Å². The number of hydrogen-bond acceptors (Lipinski definition) is 5. The first kappa shape index (κ1) is 12.6. The lowest BCUT2D eigenvalue weighted by atomic mass is 10.2. The van der Waals surface area contributed by atoms with E-state index in [1.165, 1.54) is 6.07 Å². The van der Waals surface area contributed by atoms with Crippen LogP contribution in [0.5, 0.6) is 0 Å². The molecule has 2 rings (SSSR count). The molecule has 7 heteroatoms. The third-order valence-electron chi connectivity index (χ3n) is 2.63. The summed E-state index contributed by atoms with van der Waals surface area (Å²) in [6.45, 7) is 1.16. The highest BCUT2D eigenvalue weighted by Gasteiger charge is 2.22. The Morgan fingerprint density at radius 3 is 2.88 bits per heavy atom. The molecule has 1 fully saturated rings. The molecule has 0 amide bonds. The van der Waals surface area contributed by atoms with Gasteiger partial charge in [0, 0.05) is 13.2 Å². The molecule has 6 nitrogen and oxygen atoms in total. The summed E-state index contributed by atoms with van der Waals surface area (Å²) >= 11 is 0. The SMILES string of the molecule is NCc1ccc(S(=O)(=O)NCC2CCCO2)o1. The highest BCUT2D eigenvalue weighted by Crippen LogP contribution is 2.15. The monoisotopic (exact) mass is 260 g/mol. The Balaban J connectivity index is 1.97. The molecule has 0 aromatic carbocycles. The quantitative estimate of drug-likeness (QED) is 0.788. The summed E-state index contributed by atoms with van der Waals surface area (Å²) in [5, 5.41) is -0.101. The largest absolute Gasteiger partial charge is 0.447 e. The van der Waals surface area contributed by atoms with Crippen LogP contribution >= 0.6 is 0 Å². The standard InChI is InChI=1S/C10H16N2O4S/c11-6-8-3-4-10(16-8)17(13,14)12-7-9-2-1-5-15-9/h3-4,9,12H,1-2,5-7,11H2. The summed E-state index contributed by atoms with van der Waals surface area (Å²) in [4.78, 5) is 0. The van der Waals surface area contributed by atoms with Crippen molar-refractivity contribution in [1.29, 1.82) is 0 Å². The highest BCUT2D eigenvalue weighted by molar-refractivity contribution is 7.89. The Kier molecular flexibility index (Phi) is 3.82. The summed E-state index contributed by atoms with van der Waals surface area (Å²) in [5.74, 6) is 0.447. The van der Waals surface area contributed by atoms with Crippen molar-refractivity contribution in [3.05, 3.63) is 17.9 Å². The molecule has 0 bridgehead atoms. The van der Waals surface area contributed by atoms with Crippen LogP contribution < -0.4 is 10.5 Å². The van der Waals surface area contributed by atoms with Crippen LogP contribution in [0.25, 0.3) is 0 Å². The van der Waals surface area contributed by atoms with Crippen LogP contribution in [-0.4, -0.2) is 27.7 Å². The van der Waals surface area contributed by atoms with Crippen LogP contribution in [0.15, 0.2) is 21.6 Å². The van der Waals surface area contributed by atoms with Gasteiger partial charge in [-0.15, -0.1) is 0 Å². The molecule has 1 aliphatic heterocycles. The molecule has 17 heavy (non-hydrogen) atoms. The molecule has 0 spiro atoms. The van der Waals surface area contributed by atoms with Crippen molar-refractivity contribution in [2.45, 2.75) is 30.6 Å². The zero-order valence-electron chi connectivity index (χ0n) is 9.39. The number of sulfonamides is 1. The number of furan rings is 1. The van der Waals surface area contributed by atoms with E-state index in [1.807, 2.05) is 0 Å². The van der Waals surface area contributed by atoms with Gasteiger partial charge in [0.05, 0.1) is 12.6 Å². The second-order valence-electron chi connectivity index (χ2n) is 3.91. The summed E-state index contributed by atoms with van der Waals surface area (Å²) < 4.78 is 36.5. The van der Waals surface area contributed by atoms with E-state index in [0.29, 0.717) is 12.4 Å². The average Bonchev–Trinajstić information content (AvgIpc) is 2.98. The fourth-order valence-electron chi connectivity index (χ4n) is 1.69. The van der Waals surface area contributed by atoms with Crippen LogP contribution in [0.2, 0.25) is 0 Å². The van der Waals surface area contributed by atoms with Gasteiger partial charge in [0.1, 0.15) is 5.76 Å². The lowest BCUT2D eigenvalue weighted by Crippen LogP contribution is -2.31. The van der Waals surface area contributed by atoms with Crippen molar-refractivity contribution >= 4 is 10.0 Å². The van der Waals surface area contributed by atoms with Crippen molar-refractivity contribution < 1.29 is 17.6 Å². The summed E-state index contributed by atoms with van der Waals surface area (Å²) in [6.07, 6.45) is 1.83. The van der Waals surface area contributed by atoms with Gasteiger partial charge in [-0.3, -0.25) is 0 Å². The smallest absolute Gasteiger partial charge is 0.274 e. The first-order chi connectivity index (χ1) is 8.12. The molecular formula is C10H16N2O4S. The fraction of sp³-hybridized carbons (Fsp3) is 0.600. The topological polar surface area (TPSA) is 94.6 Å². The van der Waals surface area contributed by atoms with Crippen LogP contribution in [0.4, 0.5) is 0 Å². The van der Waals surface area contributed by atoms with Gasteiger partial charge in [-0.05, 0) is 25.0 Å². The lowest BCUT2D eigenvalue weighted by Gasteiger charge is -2.09. The minimum absolute atomic E-state index is 0.0336. The molecule has 0 radical (unpaired) electrons. The van der Waals surface area contributed by atoms with E-state index in [-0.39, 0.29) is 24.3 Å². The molecule has 1 aliphatic rings. The van der Waals surface area contributed by atoms with Crippen molar-refractivity contribution in [3.63, 3.8) is 0 Å². The van der Waals surface area contributed by atoms with E-state index in [9.17, 15) is 8.42 Å². The Hall–Kier alpha value is -0.890. The van der Waals surface area contributed by atoms with Crippen LogP contribution in [0.1, 0.15) is 18.6 Å². The highest BCUT2D eigenvalue weighted by atomic mass is 32.2. The Bertz CT molecular complexity index is 462. The maximum atomic E-state index is 11.8. The van der Waals surface area contributed by atoms with Crippen molar-refractivity contribution in [1.82, 2.24) is 4.72 Å². The molecule has 0 saturated carbocycles. The molecule has 1 aromatic rings. The van der Waals surface area contributed by atoms with E-state index in [1.54, 1.807) is 6.07 Å². The fourth-order valence-corrected chi connectivity index (χ4v) is 2.70. The van der Waals surface area contributed by atoms with Crippen LogP contribution in [0, 0.1) is 0 Å². The zero-order chi connectivity index (χ0) is 12.3. The van der Waals surface area contributed by atoms with Gasteiger partial charge in [-0.25, -0.2) is 13.1 Å². The normalized spacial score (nSPS) is 20.9. The van der Waals surface area contributed by atoms with Gasteiger partial charge in [0.15, 0.2) is 0 Å². The second kappa shape index (κ2) is 5.18. The Morgan fingerprint density at radius 2 is 2.29 bits per heavy atom. The molecule has 96 valence electrons. The van der Waals surface area contributed by atoms with Gasteiger partial charge in [0.2, 0.25) is 5.09 Å². The molecule has 1 saturated heterocycles.